The van der Waals surface area contributed by atoms with Crippen LogP contribution in [0.3, 0.4) is 0 Å². The number of hydrogen-bond acceptors (Lipinski definition) is 5. The molecule has 27 heavy (non-hydrogen) atoms. The van der Waals surface area contributed by atoms with E-state index >= 15 is 0 Å². The van der Waals surface area contributed by atoms with E-state index in [1.54, 1.807) is 20.4 Å². The molecule has 1 aliphatic rings. The third-order valence-corrected chi connectivity index (χ3v) is 5.04. The van der Waals surface area contributed by atoms with Crippen molar-refractivity contribution in [3.05, 3.63) is 42.1 Å². The molecule has 1 aromatic heterocycles. The summed E-state index contributed by atoms with van der Waals surface area (Å²) in [7, 11) is 3.24. The van der Waals surface area contributed by atoms with Crippen molar-refractivity contribution in [2.75, 3.05) is 26.1 Å². The van der Waals surface area contributed by atoms with Gasteiger partial charge < -0.3 is 19.7 Å². The molecule has 144 valence electrons. The Labute approximate surface area is 160 Å². The molecule has 6 nitrogen and oxygen atoms in total. The molecule has 0 saturated carbocycles. The topological polar surface area (TPSA) is 63.7 Å². The molecule has 1 fully saturated rings. The Morgan fingerprint density at radius 2 is 2.07 bits per heavy atom. The molecule has 1 amide bonds. The Hall–Kier alpha value is -2.76. The summed E-state index contributed by atoms with van der Waals surface area (Å²) in [5.41, 5.74) is 1.38. The van der Waals surface area contributed by atoms with Gasteiger partial charge >= 0.3 is 0 Å². The fraction of sp³-hybridized carbons (Fsp3) is 0.429. The fourth-order valence-corrected chi connectivity index (χ4v) is 3.50. The highest BCUT2D eigenvalue weighted by Crippen LogP contribution is 2.31. The van der Waals surface area contributed by atoms with Crippen LogP contribution in [0.2, 0.25) is 0 Å². The highest BCUT2D eigenvalue weighted by atomic mass is 16.5. The summed E-state index contributed by atoms with van der Waals surface area (Å²) >= 11 is 0. The number of nitrogens with one attached hydrogen (secondary N) is 1. The van der Waals surface area contributed by atoms with Gasteiger partial charge in [-0.3, -0.25) is 4.79 Å². The van der Waals surface area contributed by atoms with Gasteiger partial charge in [-0.1, -0.05) is 6.92 Å². The van der Waals surface area contributed by atoms with Crippen LogP contribution in [0.15, 0.2) is 36.5 Å². The number of carbonyl (C=O) groups is 1. The quantitative estimate of drug-likeness (QED) is 0.825. The molecular formula is C21H27N3O3. The predicted octanol–water partition coefficient (Wildman–Crippen LogP) is 4.25. The highest BCUT2D eigenvalue weighted by Gasteiger charge is 2.26. The molecule has 1 N–H and O–H groups in total. The van der Waals surface area contributed by atoms with E-state index in [1.807, 2.05) is 35.2 Å². The number of likely N-dealkylation sites (tertiary alicyclic amines) is 1. The van der Waals surface area contributed by atoms with E-state index < -0.39 is 0 Å². The molecule has 1 aromatic carbocycles. The number of anilines is 2. The molecule has 1 atom stereocenters. The Morgan fingerprint density at radius 3 is 2.74 bits per heavy atom. The van der Waals surface area contributed by atoms with Gasteiger partial charge in [0.15, 0.2) is 0 Å². The molecule has 2 heterocycles. The van der Waals surface area contributed by atoms with Crippen LogP contribution in [-0.2, 0) is 0 Å². The van der Waals surface area contributed by atoms with Crippen molar-refractivity contribution >= 4 is 17.4 Å². The van der Waals surface area contributed by atoms with Crippen molar-refractivity contribution in [1.82, 2.24) is 9.88 Å². The summed E-state index contributed by atoms with van der Waals surface area (Å²) in [5.74, 6) is 2.13. The Kier molecular flexibility index (Phi) is 6.16. The van der Waals surface area contributed by atoms with Crippen molar-refractivity contribution in [2.45, 2.75) is 38.6 Å². The van der Waals surface area contributed by atoms with E-state index in [9.17, 15) is 4.79 Å². The number of ether oxygens (including phenoxy) is 2. The number of methoxy groups -OCH3 is 2. The second kappa shape index (κ2) is 8.75. The first-order chi connectivity index (χ1) is 13.2. The van der Waals surface area contributed by atoms with Crippen molar-refractivity contribution < 1.29 is 14.3 Å². The van der Waals surface area contributed by atoms with Crippen LogP contribution in [0.5, 0.6) is 11.5 Å². The highest BCUT2D eigenvalue weighted by molar-refractivity contribution is 5.94. The number of piperidine rings is 1. The average molecular weight is 369 g/mol. The zero-order valence-electron chi connectivity index (χ0n) is 16.2. The van der Waals surface area contributed by atoms with Crippen molar-refractivity contribution in [3.63, 3.8) is 0 Å². The smallest absolute Gasteiger partial charge is 0.255 e. The number of amides is 1. The number of carbonyl (C=O) groups excluding carboxylic acids is 1. The van der Waals surface area contributed by atoms with E-state index in [0.29, 0.717) is 23.2 Å². The second-order valence-electron chi connectivity index (χ2n) is 6.68. The Morgan fingerprint density at radius 1 is 1.22 bits per heavy atom. The van der Waals surface area contributed by atoms with E-state index in [0.717, 1.165) is 37.2 Å². The largest absolute Gasteiger partial charge is 0.497 e. The average Bonchev–Trinajstić information content (AvgIpc) is 2.73. The van der Waals surface area contributed by atoms with Gasteiger partial charge in [0.2, 0.25) is 0 Å². The normalized spacial score (nSPS) is 16.7. The number of pyridine rings is 1. The molecule has 0 aliphatic carbocycles. The van der Waals surface area contributed by atoms with E-state index in [-0.39, 0.29) is 5.91 Å². The van der Waals surface area contributed by atoms with Crippen LogP contribution in [0.1, 0.15) is 43.0 Å². The first-order valence-electron chi connectivity index (χ1n) is 9.42. The summed E-state index contributed by atoms with van der Waals surface area (Å²) in [6.45, 7) is 2.97. The van der Waals surface area contributed by atoms with Crippen LogP contribution in [0, 0.1) is 0 Å². The molecule has 1 aliphatic heterocycles. The molecule has 6 heteroatoms. The first kappa shape index (κ1) is 19.0. The Bertz CT molecular complexity index is 777. The zero-order valence-corrected chi connectivity index (χ0v) is 16.2. The summed E-state index contributed by atoms with van der Waals surface area (Å²) in [6.07, 6.45) is 5.99. The minimum absolute atomic E-state index is 0.0690. The lowest BCUT2D eigenvalue weighted by Crippen LogP contribution is -2.43. The summed E-state index contributed by atoms with van der Waals surface area (Å²) in [5, 5.41) is 3.22. The zero-order chi connectivity index (χ0) is 19.2. The third-order valence-electron chi connectivity index (χ3n) is 5.04. The molecular weight excluding hydrogens is 342 g/mol. The molecule has 1 unspecified atom stereocenters. The summed E-state index contributed by atoms with van der Waals surface area (Å²) < 4.78 is 10.6. The number of aromatic nitrogens is 1. The number of hydrogen-bond donors (Lipinski definition) is 1. The van der Waals surface area contributed by atoms with Crippen molar-refractivity contribution in [2.24, 2.45) is 0 Å². The van der Waals surface area contributed by atoms with Crippen LogP contribution >= 0.6 is 0 Å². The van der Waals surface area contributed by atoms with Gasteiger partial charge in [0.05, 0.1) is 25.5 Å². The van der Waals surface area contributed by atoms with E-state index in [1.165, 1.54) is 6.42 Å². The molecule has 2 aromatic rings. The number of rotatable bonds is 6. The number of nitrogens with zero attached hydrogens (tertiary/aromatic N) is 2. The minimum atomic E-state index is 0.0690. The Balaban J connectivity index is 1.75. The van der Waals surface area contributed by atoms with Crippen molar-refractivity contribution in [3.8, 4) is 11.5 Å². The lowest BCUT2D eigenvalue weighted by Gasteiger charge is -2.35. The summed E-state index contributed by atoms with van der Waals surface area (Å²) in [4.78, 5) is 19.3. The van der Waals surface area contributed by atoms with Crippen molar-refractivity contribution in [1.29, 1.82) is 0 Å². The predicted molar refractivity (Wildman–Crippen MR) is 106 cm³/mol. The van der Waals surface area contributed by atoms with E-state index in [2.05, 4.69) is 17.2 Å². The second-order valence-corrected chi connectivity index (χ2v) is 6.68. The first-order valence-corrected chi connectivity index (χ1v) is 9.42. The molecule has 0 radical (unpaired) electrons. The van der Waals surface area contributed by atoms with Gasteiger partial charge in [-0.15, -0.1) is 0 Å². The van der Waals surface area contributed by atoms with Gasteiger partial charge in [-0.05, 0) is 49.9 Å². The van der Waals surface area contributed by atoms with Gasteiger partial charge in [-0.2, -0.15) is 0 Å². The number of benzene rings is 1. The molecule has 0 bridgehead atoms. The standard InChI is InChI=1S/C21H27N3O3/c1-4-16-7-5-6-12-24(16)21(25)15-8-11-20(22-14-15)23-18-13-17(26-2)9-10-19(18)27-3/h8-11,13-14,16H,4-7,12H2,1-3H3,(H,22,23). The molecule has 3 rings (SSSR count). The van der Waals surface area contributed by atoms with Crippen LogP contribution in [-0.4, -0.2) is 42.6 Å². The minimum Gasteiger partial charge on any atom is -0.497 e. The lowest BCUT2D eigenvalue weighted by atomic mass is 9.99. The van der Waals surface area contributed by atoms with E-state index in [4.69, 9.17) is 9.47 Å². The third kappa shape index (κ3) is 4.32. The van der Waals surface area contributed by atoms with Gasteiger partial charge in [0.25, 0.3) is 5.91 Å². The maximum absolute atomic E-state index is 12.9. The van der Waals surface area contributed by atoms with Gasteiger partial charge in [0, 0.05) is 24.8 Å². The maximum atomic E-state index is 12.9. The SMILES string of the molecule is CCC1CCCCN1C(=O)c1ccc(Nc2cc(OC)ccc2OC)nc1. The maximum Gasteiger partial charge on any atom is 0.255 e. The summed E-state index contributed by atoms with van der Waals surface area (Å²) in [6, 6.07) is 9.49. The molecule has 1 saturated heterocycles. The van der Waals surface area contributed by atoms with Crippen LogP contribution in [0.25, 0.3) is 0 Å². The van der Waals surface area contributed by atoms with Gasteiger partial charge in [-0.25, -0.2) is 4.98 Å². The molecule has 0 spiro atoms. The monoisotopic (exact) mass is 369 g/mol. The van der Waals surface area contributed by atoms with Crippen LogP contribution in [0.4, 0.5) is 11.5 Å². The fourth-order valence-electron chi connectivity index (χ4n) is 3.50. The lowest BCUT2D eigenvalue weighted by molar-refractivity contribution is 0.0607. The van der Waals surface area contributed by atoms with Gasteiger partial charge in [0.1, 0.15) is 17.3 Å². The van der Waals surface area contributed by atoms with Crippen LogP contribution < -0.4 is 14.8 Å².